The number of carbonyl (C=O) groups excluding carboxylic acids is 2. The monoisotopic (exact) mass is 407 g/mol. The number of carbonyl (C=O) groups is 2. The Morgan fingerprint density at radius 1 is 1.07 bits per heavy atom. The molecule has 1 aromatic heterocycles. The van der Waals surface area contributed by atoms with E-state index in [0.717, 1.165) is 11.1 Å². The second-order valence-corrected chi connectivity index (χ2v) is 6.77. The van der Waals surface area contributed by atoms with Crippen molar-refractivity contribution in [2.45, 2.75) is 19.6 Å². The molecule has 3 aromatic rings. The van der Waals surface area contributed by atoms with Gasteiger partial charge in [-0.3, -0.25) is 9.48 Å². The number of esters is 1. The van der Waals surface area contributed by atoms with Gasteiger partial charge in [0.2, 0.25) is 0 Å². The van der Waals surface area contributed by atoms with E-state index in [1.54, 1.807) is 18.0 Å². The Bertz CT molecular complexity index is 971. The highest BCUT2D eigenvalue weighted by Crippen LogP contribution is 2.23. The zero-order valence-corrected chi connectivity index (χ0v) is 17.1. The number of nitrogens with zero attached hydrogens (tertiary/aromatic N) is 2. The molecule has 7 heteroatoms. The molecule has 1 atom stereocenters. The van der Waals surface area contributed by atoms with Crippen molar-refractivity contribution >= 4 is 11.9 Å². The van der Waals surface area contributed by atoms with E-state index in [1.165, 1.54) is 6.92 Å². The quantitative estimate of drug-likeness (QED) is 0.436. The van der Waals surface area contributed by atoms with Gasteiger partial charge in [-0.1, -0.05) is 60.7 Å². The Labute approximate surface area is 175 Å². The van der Waals surface area contributed by atoms with Gasteiger partial charge in [-0.15, -0.1) is 0 Å². The van der Waals surface area contributed by atoms with Crippen molar-refractivity contribution in [2.24, 2.45) is 0 Å². The van der Waals surface area contributed by atoms with E-state index in [0.29, 0.717) is 31.0 Å². The molecule has 0 bridgehead atoms. The Hall–Kier alpha value is -3.45. The number of hydrogen-bond acceptors (Lipinski definition) is 5. The Balaban J connectivity index is 1.81. The Kier molecular flexibility index (Phi) is 7.34. The molecule has 1 heterocycles. The summed E-state index contributed by atoms with van der Waals surface area (Å²) in [5.74, 6) is -0.971. The Morgan fingerprint density at radius 2 is 1.73 bits per heavy atom. The van der Waals surface area contributed by atoms with E-state index in [2.05, 4.69) is 10.4 Å². The van der Waals surface area contributed by atoms with E-state index in [1.807, 2.05) is 60.7 Å². The van der Waals surface area contributed by atoms with Crippen LogP contribution >= 0.6 is 0 Å². The highest BCUT2D eigenvalue weighted by Gasteiger charge is 2.24. The lowest BCUT2D eigenvalue weighted by Gasteiger charge is -2.13. The van der Waals surface area contributed by atoms with E-state index in [9.17, 15) is 9.59 Å². The number of methoxy groups -OCH3 is 1. The predicted octanol–water partition coefficient (Wildman–Crippen LogP) is 2.91. The molecule has 30 heavy (non-hydrogen) atoms. The molecular weight excluding hydrogens is 382 g/mol. The average molecular weight is 407 g/mol. The van der Waals surface area contributed by atoms with Gasteiger partial charge < -0.3 is 14.8 Å². The maximum Gasteiger partial charge on any atom is 0.342 e. The first-order chi connectivity index (χ1) is 14.6. The molecule has 0 radical (unpaired) electrons. The van der Waals surface area contributed by atoms with Gasteiger partial charge in [0.05, 0.1) is 13.2 Å². The number of aromatic nitrogens is 2. The van der Waals surface area contributed by atoms with Crippen LogP contribution in [0.15, 0.2) is 66.9 Å². The topological polar surface area (TPSA) is 82.5 Å². The van der Waals surface area contributed by atoms with Gasteiger partial charge >= 0.3 is 5.97 Å². The molecule has 0 aliphatic heterocycles. The fourth-order valence-corrected chi connectivity index (χ4v) is 2.93. The molecule has 0 spiro atoms. The van der Waals surface area contributed by atoms with Gasteiger partial charge in [-0.05, 0) is 12.5 Å². The van der Waals surface area contributed by atoms with Crippen LogP contribution in [0.5, 0.6) is 0 Å². The summed E-state index contributed by atoms with van der Waals surface area (Å²) in [6, 6.07) is 19.3. The zero-order chi connectivity index (χ0) is 21.3. The van der Waals surface area contributed by atoms with Gasteiger partial charge in [-0.25, -0.2) is 4.79 Å². The number of rotatable bonds is 9. The Morgan fingerprint density at radius 3 is 2.40 bits per heavy atom. The van der Waals surface area contributed by atoms with Crippen LogP contribution in [0.25, 0.3) is 11.3 Å². The number of hydrogen-bond donors (Lipinski definition) is 1. The van der Waals surface area contributed by atoms with E-state index >= 15 is 0 Å². The van der Waals surface area contributed by atoms with Crippen molar-refractivity contribution in [1.82, 2.24) is 15.1 Å². The van der Waals surface area contributed by atoms with Crippen LogP contribution in [-0.2, 0) is 20.8 Å². The maximum atomic E-state index is 12.9. The summed E-state index contributed by atoms with van der Waals surface area (Å²) in [6.07, 6.45) is 0.725. The van der Waals surface area contributed by atoms with Crippen LogP contribution in [0, 0.1) is 0 Å². The van der Waals surface area contributed by atoms with Crippen molar-refractivity contribution in [3.8, 4) is 11.3 Å². The van der Waals surface area contributed by atoms with Gasteiger partial charge in [0.15, 0.2) is 6.10 Å². The fraction of sp³-hybridized carbons (Fsp3) is 0.261. The van der Waals surface area contributed by atoms with E-state index in [-0.39, 0.29) is 5.91 Å². The molecule has 0 fully saturated rings. The summed E-state index contributed by atoms with van der Waals surface area (Å²) in [5, 5.41) is 7.27. The summed E-state index contributed by atoms with van der Waals surface area (Å²) in [7, 11) is 1.55. The number of amides is 1. The second-order valence-electron chi connectivity index (χ2n) is 6.77. The molecule has 7 nitrogen and oxygen atoms in total. The fourth-order valence-electron chi connectivity index (χ4n) is 2.93. The minimum absolute atomic E-state index is 0.314. The van der Waals surface area contributed by atoms with Crippen molar-refractivity contribution in [3.05, 3.63) is 78.0 Å². The minimum Gasteiger partial charge on any atom is -0.449 e. The number of nitrogens with one attached hydrogen (secondary N) is 1. The third kappa shape index (κ3) is 5.55. The van der Waals surface area contributed by atoms with Crippen LogP contribution in [0.4, 0.5) is 0 Å². The third-order valence-electron chi connectivity index (χ3n) is 4.47. The van der Waals surface area contributed by atoms with Gasteiger partial charge in [0.25, 0.3) is 5.91 Å². The van der Waals surface area contributed by atoms with Gasteiger partial charge in [-0.2, -0.15) is 5.10 Å². The van der Waals surface area contributed by atoms with Crippen molar-refractivity contribution in [3.63, 3.8) is 0 Å². The van der Waals surface area contributed by atoms with Crippen LogP contribution in [-0.4, -0.2) is 48.0 Å². The summed E-state index contributed by atoms with van der Waals surface area (Å²) in [5.41, 5.74) is 2.69. The van der Waals surface area contributed by atoms with E-state index < -0.39 is 12.1 Å². The van der Waals surface area contributed by atoms with Gasteiger partial charge in [0, 0.05) is 25.4 Å². The SMILES string of the molecule is COCCNC(=O)[C@@H](C)OC(=O)c1cn(Cc2ccccc2)nc1-c1ccccc1. The molecule has 156 valence electrons. The lowest BCUT2D eigenvalue weighted by Crippen LogP contribution is -2.37. The van der Waals surface area contributed by atoms with Gasteiger partial charge in [0.1, 0.15) is 11.3 Å². The van der Waals surface area contributed by atoms with Crippen molar-refractivity contribution in [1.29, 1.82) is 0 Å². The zero-order valence-electron chi connectivity index (χ0n) is 17.1. The van der Waals surface area contributed by atoms with Crippen LogP contribution in [0.1, 0.15) is 22.8 Å². The highest BCUT2D eigenvalue weighted by molar-refractivity contribution is 5.97. The molecule has 0 saturated heterocycles. The lowest BCUT2D eigenvalue weighted by molar-refractivity contribution is -0.129. The first-order valence-corrected chi connectivity index (χ1v) is 9.73. The maximum absolute atomic E-state index is 12.9. The molecular formula is C23H25N3O4. The summed E-state index contributed by atoms with van der Waals surface area (Å²) < 4.78 is 12.0. The summed E-state index contributed by atoms with van der Waals surface area (Å²) in [6.45, 7) is 2.79. The largest absolute Gasteiger partial charge is 0.449 e. The molecule has 1 N–H and O–H groups in total. The number of benzene rings is 2. The van der Waals surface area contributed by atoms with Crippen LogP contribution in [0.3, 0.4) is 0 Å². The smallest absolute Gasteiger partial charge is 0.342 e. The summed E-state index contributed by atoms with van der Waals surface area (Å²) >= 11 is 0. The van der Waals surface area contributed by atoms with E-state index in [4.69, 9.17) is 9.47 Å². The first-order valence-electron chi connectivity index (χ1n) is 9.73. The molecule has 1 amide bonds. The minimum atomic E-state index is -0.935. The van der Waals surface area contributed by atoms with Crippen molar-refractivity contribution in [2.75, 3.05) is 20.3 Å². The summed E-state index contributed by atoms with van der Waals surface area (Å²) in [4.78, 5) is 25.0. The molecule has 0 aliphatic carbocycles. The normalized spacial score (nSPS) is 11.7. The molecule has 2 aromatic carbocycles. The molecule has 3 rings (SSSR count). The van der Waals surface area contributed by atoms with Crippen LogP contribution < -0.4 is 5.32 Å². The standard InChI is InChI=1S/C23H25N3O4/c1-17(22(27)24-13-14-29-2)30-23(28)20-16-26(15-18-9-5-3-6-10-18)25-21(20)19-11-7-4-8-12-19/h3-12,16-17H,13-15H2,1-2H3,(H,24,27)/t17-/m1/s1. The van der Waals surface area contributed by atoms with Crippen molar-refractivity contribution < 1.29 is 19.1 Å². The average Bonchev–Trinajstić information content (AvgIpc) is 3.19. The molecule has 0 aliphatic rings. The first kappa shape index (κ1) is 21.3. The molecule has 0 saturated carbocycles. The lowest BCUT2D eigenvalue weighted by atomic mass is 10.1. The third-order valence-corrected chi connectivity index (χ3v) is 4.47. The predicted molar refractivity (Wildman–Crippen MR) is 113 cm³/mol. The second kappa shape index (κ2) is 10.4. The van der Waals surface area contributed by atoms with Crippen LogP contribution in [0.2, 0.25) is 0 Å². The molecule has 0 unspecified atom stereocenters. The highest BCUT2D eigenvalue weighted by atomic mass is 16.5. The number of ether oxygens (including phenoxy) is 2.